The molecule has 0 unspecified atom stereocenters. The number of fused-ring (bicyclic) bond motifs is 1. The van der Waals surface area contributed by atoms with E-state index in [1.807, 2.05) is 0 Å². The first kappa shape index (κ1) is 15.8. The second-order valence-corrected chi connectivity index (χ2v) is 7.51. The number of hydrogen-bond donors (Lipinski definition) is 1. The molecule has 0 saturated carbocycles. The van der Waals surface area contributed by atoms with Crippen LogP contribution < -0.4 is 5.32 Å². The van der Waals surface area contributed by atoms with Crippen molar-refractivity contribution in [2.24, 2.45) is 11.8 Å². The van der Waals surface area contributed by atoms with E-state index in [9.17, 15) is 0 Å². The summed E-state index contributed by atoms with van der Waals surface area (Å²) in [6.45, 7) is 10.8. The van der Waals surface area contributed by atoms with Crippen molar-refractivity contribution in [1.82, 2.24) is 5.32 Å². The SMILES string of the molecule is CC(C)CNCc1oc2ccc(I)cc2c1CC(C)C. The van der Waals surface area contributed by atoms with Crippen LogP contribution in [0.2, 0.25) is 0 Å². The highest BCUT2D eigenvalue weighted by Gasteiger charge is 2.15. The Balaban J connectivity index is 2.31. The van der Waals surface area contributed by atoms with Crippen LogP contribution in [0.25, 0.3) is 11.0 Å². The van der Waals surface area contributed by atoms with E-state index in [1.54, 1.807) is 0 Å². The smallest absolute Gasteiger partial charge is 0.134 e. The van der Waals surface area contributed by atoms with Gasteiger partial charge in [0.2, 0.25) is 0 Å². The molecule has 1 aromatic carbocycles. The maximum absolute atomic E-state index is 6.07. The summed E-state index contributed by atoms with van der Waals surface area (Å²) in [5.74, 6) is 2.41. The summed E-state index contributed by atoms with van der Waals surface area (Å²) in [5, 5.41) is 4.78. The van der Waals surface area contributed by atoms with Crippen molar-refractivity contribution >= 4 is 33.6 Å². The molecular weight excluding hydrogens is 361 g/mol. The summed E-state index contributed by atoms with van der Waals surface area (Å²) in [4.78, 5) is 0. The van der Waals surface area contributed by atoms with E-state index < -0.39 is 0 Å². The molecule has 2 rings (SSSR count). The standard InChI is InChI=1S/C17H24INO/c1-11(2)7-14-15-8-13(18)5-6-16(15)20-17(14)10-19-9-12(3)4/h5-6,8,11-12,19H,7,9-10H2,1-4H3. The van der Waals surface area contributed by atoms with E-state index in [0.29, 0.717) is 11.8 Å². The van der Waals surface area contributed by atoms with Gasteiger partial charge in [0.1, 0.15) is 11.3 Å². The summed E-state index contributed by atoms with van der Waals surface area (Å²) >= 11 is 2.37. The second-order valence-electron chi connectivity index (χ2n) is 6.27. The molecule has 0 atom stereocenters. The number of nitrogens with one attached hydrogen (secondary N) is 1. The number of furan rings is 1. The fraction of sp³-hybridized carbons (Fsp3) is 0.529. The average Bonchev–Trinajstić information content (AvgIpc) is 2.66. The Kier molecular flexibility index (Phi) is 5.49. The maximum atomic E-state index is 6.07. The van der Waals surface area contributed by atoms with Crippen molar-refractivity contribution < 1.29 is 4.42 Å². The Morgan fingerprint density at radius 2 is 1.90 bits per heavy atom. The van der Waals surface area contributed by atoms with Gasteiger partial charge in [0.05, 0.1) is 6.54 Å². The Morgan fingerprint density at radius 3 is 2.55 bits per heavy atom. The van der Waals surface area contributed by atoms with Gasteiger partial charge in [0, 0.05) is 14.5 Å². The van der Waals surface area contributed by atoms with Crippen LogP contribution in [0.15, 0.2) is 22.6 Å². The second kappa shape index (κ2) is 6.94. The van der Waals surface area contributed by atoms with Gasteiger partial charge in [0.25, 0.3) is 0 Å². The van der Waals surface area contributed by atoms with Crippen molar-refractivity contribution in [3.05, 3.63) is 33.1 Å². The summed E-state index contributed by atoms with van der Waals surface area (Å²) in [5.41, 5.74) is 2.40. The third kappa shape index (κ3) is 3.98. The zero-order valence-electron chi connectivity index (χ0n) is 12.8. The van der Waals surface area contributed by atoms with E-state index in [0.717, 1.165) is 30.9 Å². The van der Waals surface area contributed by atoms with Crippen molar-refractivity contribution in [3.8, 4) is 0 Å². The predicted molar refractivity (Wildman–Crippen MR) is 94.0 cm³/mol. The lowest BCUT2D eigenvalue weighted by atomic mass is 10.00. The average molecular weight is 385 g/mol. The van der Waals surface area contributed by atoms with Gasteiger partial charge < -0.3 is 9.73 Å². The molecule has 0 saturated heterocycles. The molecule has 0 aliphatic rings. The summed E-state index contributed by atoms with van der Waals surface area (Å²) in [6, 6.07) is 6.44. The molecule has 20 heavy (non-hydrogen) atoms. The highest BCUT2D eigenvalue weighted by molar-refractivity contribution is 14.1. The summed E-state index contributed by atoms with van der Waals surface area (Å²) in [7, 11) is 0. The Labute approximate surface area is 135 Å². The summed E-state index contributed by atoms with van der Waals surface area (Å²) in [6.07, 6.45) is 1.08. The molecule has 0 spiro atoms. The maximum Gasteiger partial charge on any atom is 0.134 e. The van der Waals surface area contributed by atoms with Gasteiger partial charge in [-0.1, -0.05) is 27.7 Å². The minimum absolute atomic E-state index is 0.637. The Bertz CT molecular complexity index is 572. The number of hydrogen-bond acceptors (Lipinski definition) is 2. The molecule has 0 aliphatic carbocycles. The molecule has 1 N–H and O–H groups in total. The quantitative estimate of drug-likeness (QED) is 0.710. The van der Waals surface area contributed by atoms with Crippen LogP contribution in [0.3, 0.4) is 0 Å². The van der Waals surface area contributed by atoms with E-state index in [-0.39, 0.29) is 0 Å². The van der Waals surface area contributed by atoms with Crippen LogP contribution in [0.5, 0.6) is 0 Å². The molecule has 0 fully saturated rings. The van der Waals surface area contributed by atoms with E-state index in [2.05, 4.69) is 73.8 Å². The first-order valence-corrected chi connectivity index (χ1v) is 8.45. The largest absolute Gasteiger partial charge is 0.459 e. The molecule has 110 valence electrons. The molecule has 0 radical (unpaired) electrons. The molecule has 1 aromatic heterocycles. The van der Waals surface area contributed by atoms with Crippen molar-refractivity contribution in [2.75, 3.05) is 6.54 Å². The predicted octanol–water partition coefficient (Wildman–Crippen LogP) is 4.98. The number of halogens is 1. The van der Waals surface area contributed by atoms with Gasteiger partial charge >= 0.3 is 0 Å². The van der Waals surface area contributed by atoms with Gasteiger partial charge in [-0.15, -0.1) is 0 Å². The van der Waals surface area contributed by atoms with Crippen LogP contribution >= 0.6 is 22.6 Å². The van der Waals surface area contributed by atoms with Crippen LogP contribution in [-0.2, 0) is 13.0 Å². The lowest BCUT2D eigenvalue weighted by Crippen LogP contribution is -2.19. The van der Waals surface area contributed by atoms with Crippen molar-refractivity contribution in [3.63, 3.8) is 0 Å². The van der Waals surface area contributed by atoms with Crippen molar-refractivity contribution in [1.29, 1.82) is 0 Å². The number of rotatable bonds is 6. The minimum atomic E-state index is 0.637. The van der Waals surface area contributed by atoms with E-state index in [4.69, 9.17) is 4.42 Å². The number of benzene rings is 1. The monoisotopic (exact) mass is 385 g/mol. The van der Waals surface area contributed by atoms with Gasteiger partial charge in [-0.3, -0.25) is 0 Å². The Hall–Kier alpha value is -0.550. The third-order valence-electron chi connectivity index (χ3n) is 3.29. The summed E-state index contributed by atoms with van der Waals surface area (Å²) < 4.78 is 7.34. The molecule has 0 amide bonds. The highest BCUT2D eigenvalue weighted by Crippen LogP contribution is 2.29. The minimum Gasteiger partial charge on any atom is -0.459 e. The van der Waals surface area contributed by atoms with Crippen LogP contribution in [0.4, 0.5) is 0 Å². The highest BCUT2D eigenvalue weighted by atomic mass is 127. The fourth-order valence-electron chi connectivity index (χ4n) is 2.42. The molecule has 2 aromatic rings. The molecule has 0 bridgehead atoms. The molecule has 0 aliphatic heterocycles. The van der Waals surface area contributed by atoms with Gasteiger partial charge in [-0.05, 0) is 65.6 Å². The van der Waals surface area contributed by atoms with Crippen LogP contribution in [0.1, 0.15) is 39.0 Å². The fourth-order valence-corrected chi connectivity index (χ4v) is 2.91. The van der Waals surface area contributed by atoms with Gasteiger partial charge in [-0.25, -0.2) is 0 Å². The molecule has 1 heterocycles. The third-order valence-corrected chi connectivity index (χ3v) is 3.96. The van der Waals surface area contributed by atoms with Crippen LogP contribution in [-0.4, -0.2) is 6.54 Å². The lowest BCUT2D eigenvalue weighted by molar-refractivity contribution is 0.476. The van der Waals surface area contributed by atoms with E-state index >= 15 is 0 Å². The molecular formula is C17H24INO. The van der Waals surface area contributed by atoms with Gasteiger partial charge in [0.15, 0.2) is 0 Å². The Morgan fingerprint density at radius 1 is 1.15 bits per heavy atom. The topological polar surface area (TPSA) is 25.2 Å². The zero-order chi connectivity index (χ0) is 14.7. The van der Waals surface area contributed by atoms with Gasteiger partial charge in [-0.2, -0.15) is 0 Å². The lowest BCUT2D eigenvalue weighted by Gasteiger charge is -2.09. The normalized spacial score (nSPS) is 11.9. The first-order valence-electron chi connectivity index (χ1n) is 7.38. The van der Waals surface area contributed by atoms with Crippen molar-refractivity contribution in [2.45, 2.75) is 40.7 Å². The zero-order valence-corrected chi connectivity index (χ0v) is 15.0. The molecule has 3 heteroatoms. The first-order chi connectivity index (χ1) is 9.47. The van der Waals surface area contributed by atoms with E-state index in [1.165, 1.54) is 14.5 Å². The van der Waals surface area contributed by atoms with Crippen LogP contribution in [0, 0.1) is 15.4 Å². The molecule has 2 nitrogen and oxygen atoms in total.